The van der Waals surface area contributed by atoms with Gasteiger partial charge in [-0.15, -0.1) is 0 Å². The molecule has 0 fully saturated rings. The summed E-state index contributed by atoms with van der Waals surface area (Å²) in [5.41, 5.74) is 0.605. The van der Waals surface area contributed by atoms with Crippen LogP contribution >= 0.6 is 0 Å². The number of aliphatic hydroxyl groups is 1. The highest BCUT2D eigenvalue weighted by molar-refractivity contribution is 7.89. The van der Waals surface area contributed by atoms with Gasteiger partial charge >= 0.3 is 0 Å². The Labute approximate surface area is 115 Å². The Morgan fingerprint density at radius 2 is 2.00 bits per heavy atom. The Hall–Kier alpha value is -1.11. The van der Waals surface area contributed by atoms with Crippen molar-refractivity contribution >= 4 is 15.7 Å². The van der Waals surface area contributed by atoms with Gasteiger partial charge in [-0.25, -0.2) is 12.7 Å². The molecule has 1 rings (SSSR count). The van der Waals surface area contributed by atoms with Gasteiger partial charge in [-0.05, 0) is 32.4 Å². The van der Waals surface area contributed by atoms with Crippen molar-refractivity contribution in [3.63, 3.8) is 0 Å². The fourth-order valence-electron chi connectivity index (χ4n) is 1.68. The van der Waals surface area contributed by atoms with Gasteiger partial charge in [0.05, 0.1) is 11.8 Å². The largest absolute Gasteiger partial charge is 0.393 e. The Balaban J connectivity index is 2.99. The first-order valence-electron chi connectivity index (χ1n) is 6.37. The van der Waals surface area contributed by atoms with Crippen LogP contribution in [0.15, 0.2) is 29.2 Å². The number of nitrogens with zero attached hydrogens (tertiary/aromatic N) is 1. The molecule has 0 bridgehead atoms. The van der Waals surface area contributed by atoms with Gasteiger partial charge in [0.25, 0.3) is 0 Å². The Morgan fingerprint density at radius 3 is 2.58 bits per heavy atom. The second-order valence-corrected chi connectivity index (χ2v) is 6.50. The zero-order valence-corrected chi connectivity index (χ0v) is 12.4. The molecule has 0 radical (unpaired) electrons. The van der Waals surface area contributed by atoms with Crippen LogP contribution in [0.1, 0.15) is 20.3 Å². The van der Waals surface area contributed by atoms with Gasteiger partial charge in [0.2, 0.25) is 10.0 Å². The lowest BCUT2D eigenvalue weighted by molar-refractivity contribution is 0.177. The fraction of sp³-hybridized carbons (Fsp3) is 0.538. The van der Waals surface area contributed by atoms with Crippen molar-refractivity contribution in [1.29, 1.82) is 0 Å². The molecule has 6 heteroatoms. The van der Waals surface area contributed by atoms with Crippen molar-refractivity contribution < 1.29 is 13.5 Å². The van der Waals surface area contributed by atoms with Gasteiger partial charge < -0.3 is 10.4 Å². The van der Waals surface area contributed by atoms with Crippen LogP contribution in [0, 0.1) is 0 Å². The summed E-state index contributed by atoms with van der Waals surface area (Å²) in [6.45, 7) is 4.51. The number of benzene rings is 1. The zero-order valence-electron chi connectivity index (χ0n) is 11.6. The highest BCUT2D eigenvalue weighted by Gasteiger charge is 2.23. The maximum atomic E-state index is 12.4. The summed E-state index contributed by atoms with van der Waals surface area (Å²) in [5, 5.41) is 12.3. The second-order valence-electron chi connectivity index (χ2n) is 4.49. The molecule has 1 aromatic rings. The maximum absolute atomic E-state index is 12.4. The van der Waals surface area contributed by atoms with E-state index in [-0.39, 0.29) is 4.90 Å². The van der Waals surface area contributed by atoms with E-state index in [1.165, 1.54) is 11.4 Å². The van der Waals surface area contributed by atoms with Crippen molar-refractivity contribution in [2.45, 2.75) is 31.3 Å². The van der Waals surface area contributed by atoms with Crippen LogP contribution in [0.2, 0.25) is 0 Å². The molecule has 0 amide bonds. The van der Waals surface area contributed by atoms with E-state index in [2.05, 4.69) is 5.32 Å². The van der Waals surface area contributed by atoms with Crippen LogP contribution in [-0.2, 0) is 10.0 Å². The molecule has 0 heterocycles. The summed E-state index contributed by atoms with van der Waals surface area (Å²) in [4.78, 5) is 0.268. The molecule has 0 spiro atoms. The first kappa shape index (κ1) is 15.9. The molecule has 2 N–H and O–H groups in total. The number of aliphatic hydroxyl groups excluding tert-OH is 1. The molecule has 1 unspecified atom stereocenters. The summed E-state index contributed by atoms with van der Waals surface area (Å²) >= 11 is 0. The second kappa shape index (κ2) is 6.88. The van der Waals surface area contributed by atoms with Crippen LogP contribution in [-0.4, -0.2) is 44.1 Å². The minimum absolute atomic E-state index is 0.268. The molecule has 0 aliphatic heterocycles. The molecule has 19 heavy (non-hydrogen) atoms. The van der Waals surface area contributed by atoms with Crippen molar-refractivity contribution in [3.05, 3.63) is 24.3 Å². The van der Waals surface area contributed by atoms with Gasteiger partial charge in [-0.1, -0.05) is 12.1 Å². The van der Waals surface area contributed by atoms with Gasteiger partial charge in [-0.3, -0.25) is 0 Å². The first-order valence-corrected chi connectivity index (χ1v) is 7.81. The molecule has 5 nitrogen and oxygen atoms in total. The van der Waals surface area contributed by atoms with Gasteiger partial charge in [0.1, 0.15) is 4.90 Å². The van der Waals surface area contributed by atoms with Gasteiger partial charge in [0, 0.05) is 20.1 Å². The molecular weight excluding hydrogens is 264 g/mol. The van der Waals surface area contributed by atoms with Gasteiger partial charge in [-0.2, -0.15) is 0 Å². The Morgan fingerprint density at radius 1 is 1.37 bits per heavy atom. The standard InChI is InChI=1S/C13H22N2O3S/c1-4-14-12-7-5-6-8-13(12)19(17,18)15(3)10-9-11(2)16/h5-8,11,14,16H,4,9-10H2,1-3H3. The predicted molar refractivity (Wildman–Crippen MR) is 76.7 cm³/mol. The van der Waals surface area contributed by atoms with E-state index in [4.69, 9.17) is 0 Å². The minimum Gasteiger partial charge on any atom is -0.393 e. The monoisotopic (exact) mass is 286 g/mol. The van der Waals surface area contributed by atoms with Crippen molar-refractivity contribution in [2.24, 2.45) is 0 Å². The molecule has 108 valence electrons. The first-order chi connectivity index (χ1) is 8.89. The van der Waals surface area contributed by atoms with Gasteiger partial charge in [0.15, 0.2) is 0 Å². The molecule has 0 saturated heterocycles. The number of nitrogens with one attached hydrogen (secondary N) is 1. The molecule has 1 atom stereocenters. The van der Waals surface area contributed by atoms with Crippen LogP contribution in [0.4, 0.5) is 5.69 Å². The van der Waals surface area contributed by atoms with Crippen molar-refractivity contribution in [1.82, 2.24) is 4.31 Å². The molecule has 0 aliphatic rings. The molecular formula is C13H22N2O3S. The van der Waals surface area contributed by atoms with Crippen molar-refractivity contribution in [2.75, 3.05) is 25.5 Å². The third kappa shape index (κ3) is 4.19. The van der Waals surface area contributed by atoms with E-state index in [0.717, 1.165) is 0 Å². The normalized spacial score (nSPS) is 13.5. The average molecular weight is 286 g/mol. The number of hydrogen-bond donors (Lipinski definition) is 2. The fourth-order valence-corrected chi connectivity index (χ4v) is 3.03. The lowest BCUT2D eigenvalue weighted by Gasteiger charge is -2.20. The SMILES string of the molecule is CCNc1ccccc1S(=O)(=O)N(C)CCC(C)O. The number of para-hydroxylation sites is 1. The topological polar surface area (TPSA) is 69.6 Å². The van der Waals surface area contributed by atoms with E-state index in [1.54, 1.807) is 31.2 Å². The van der Waals surface area contributed by atoms with Crippen LogP contribution in [0.25, 0.3) is 0 Å². The Bertz CT molecular complexity index is 500. The van der Waals surface area contributed by atoms with Crippen LogP contribution < -0.4 is 5.32 Å². The predicted octanol–water partition coefficient (Wildman–Crippen LogP) is 1.51. The summed E-state index contributed by atoms with van der Waals surface area (Å²) in [6, 6.07) is 6.84. The highest BCUT2D eigenvalue weighted by atomic mass is 32.2. The third-order valence-corrected chi connectivity index (χ3v) is 4.72. The Kier molecular flexibility index (Phi) is 5.78. The lowest BCUT2D eigenvalue weighted by Crippen LogP contribution is -2.30. The number of anilines is 1. The summed E-state index contributed by atoms with van der Waals surface area (Å²) < 4.78 is 26.2. The highest BCUT2D eigenvalue weighted by Crippen LogP contribution is 2.23. The number of rotatable bonds is 7. The zero-order chi connectivity index (χ0) is 14.5. The van der Waals surface area contributed by atoms with Crippen LogP contribution in [0.5, 0.6) is 0 Å². The van der Waals surface area contributed by atoms with E-state index in [0.29, 0.717) is 25.2 Å². The van der Waals surface area contributed by atoms with E-state index >= 15 is 0 Å². The summed E-state index contributed by atoms with van der Waals surface area (Å²) in [6.07, 6.45) is -0.0966. The van der Waals surface area contributed by atoms with E-state index < -0.39 is 16.1 Å². The number of hydrogen-bond acceptors (Lipinski definition) is 4. The van der Waals surface area contributed by atoms with Crippen LogP contribution in [0.3, 0.4) is 0 Å². The van der Waals surface area contributed by atoms with Crippen molar-refractivity contribution in [3.8, 4) is 0 Å². The maximum Gasteiger partial charge on any atom is 0.244 e. The average Bonchev–Trinajstić information content (AvgIpc) is 2.36. The molecule has 0 aromatic heterocycles. The quantitative estimate of drug-likeness (QED) is 0.797. The molecule has 0 saturated carbocycles. The number of sulfonamides is 1. The lowest BCUT2D eigenvalue weighted by atomic mass is 10.3. The summed E-state index contributed by atoms with van der Waals surface area (Å²) in [7, 11) is -2.00. The third-order valence-electron chi connectivity index (χ3n) is 2.80. The smallest absolute Gasteiger partial charge is 0.244 e. The van der Waals surface area contributed by atoms with E-state index in [9.17, 15) is 13.5 Å². The summed E-state index contributed by atoms with van der Waals surface area (Å²) in [5.74, 6) is 0. The molecule has 0 aliphatic carbocycles. The minimum atomic E-state index is -3.53. The van der Waals surface area contributed by atoms with E-state index in [1.807, 2.05) is 6.92 Å². The molecule has 1 aromatic carbocycles.